The van der Waals surface area contributed by atoms with Crippen molar-refractivity contribution in [2.45, 2.75) is 58.4 Å². The molecule has 0 heterocycles. The van der Waals surface area contributed by atoms with Gasteiger partial charge < -0.3 is 9.63 Å². The highest BCUT2D eigenvalue weighted by atomic mass is 28.4. The molecule has 0 aliphatic carbocycles. The monoisotopic (exact) mass is 245 g/mol. The number of hydrogen-bond donors (Lipinski definition) is 2. The quantitative estimate of drug-likeness (QED) is 0.428. The van der Waals surface area contributed by atoms with Crippen LogP contribution in [0.1, 0.15) is 34.1 Å². The van der Waals surface area contributed by atoms with Crippen LogP contribution in [0.2, 0.25) is 18.1 Å². The van der Waals surface area contributed by atoms with Crippen LogP contribution in [0.15, 0.2) is 12.2 Å². The van der Waals surface area contributed by atoms with Crippen molar-refractivity contribution >= 4 is 8.32 Å². The van der Waals surface area contributed by atoms with E-state index in [9.17, 15) is 0 Å². The van der Waals surface area contributed by atoms with Gasteiger partial charge in [-0.05, 0) is 31.5 Å². The van der Waals surface area contributed by atoms with Gasteiger partial charge in [-0.15, -0.1) is 0 Å². The average Bonchev–Trinajstić information content (AvgIpc) is 2.12. The molecule has 0 aliphatic rings. The summed E-state index contributed by atoms with van der Waals surface area (Å²) in [4.78, 5) is 0. The third-order valence-electron chi connectivity index (χ3n) is 3.20. The van der Waals surface area contributed by atoms with Crippen LogP contribution in [0.3, 0.4) is 0 Å². The van der Waals surface area contributed by atoms with Crippen LogP contribution in [0.5, 0.6) is 0 Å². The fraction of sp³-hybridized carbons (Fsp3) is 0.833. The van der Waals surface area contributed by atoms with Gasteiger partial charge in [0.25, 0.3) is 0 Å². The van der Waals surface area contributed by atoms with E-state index >= 15 is 0 Å². The molecule has 4 heteroatoms. The van der Waals surface area contributed by atoms with Crippen molar-refractivity contribution in [1.82, 2.24) is 5.48 Å². The number of hydrogen-bond acceptors (Lipinski definition) is 3. The van der Waals surface area contributed by atoms with E-state index in [4.69, 9.17) is 9.63 Å². The first-order valence-electron chi connectivity index (χ1n) is 5.92. The predicted molar refractivity (Wildman–Crippen MR) is 71.3 cm³/mol. The minimum atomic E-state index is -1.72. The Labute approximate surface area is 101 Å². The first-order valence-corrected chi connectivity index (χ1v) is 8.83. The fourth-order valence-corrected chi connectivity index (χ4v) is 2.48. The third-order valence-corrected chi connectivity index (χ3v) is 7.70. The first kappa shape index (κ1) is 15.8. The summed E-state index contributed by atoms with van der Waals surface area (Å²) >= 11 is 0. The highest BCUT2D eigenvalue weighted by molar-refractivity contribution is 6.74. The minimum Gasteiger partial charge on any atom is -0.411 e. The van der Waals surface area contributed by atoms with Crippen molar-refractivity contribution in [3.8, 4) is 0 Å². The lowest BCUT2D eigenvalue weighted by molar-refractivity contribution is 0.141. The van der Waals surface area contributed by atoms with Crippen molar-refractivity contribution in [2.24, 2.45) is 0 Å². The first-order chi connectivity index (χ1) is 7.24. The Morgan fingerprint density at radius 2 is 1.94 bits per heavy atom. The maximum Gasteiger partial charge on any atom is 0.192 e. The van der Waals surface area contributed by atoms with Crippen molar-refractivity contribution in [2.75, 3.05) is 6.54 Å². The van der Waals surface area contributed by atoms with Gasteiger partial charge in [-0.3, -0.25) is 0 Å². The van der Waals surface area contributed by atoms with Crippen LogP contribution in [0.4, 0.5) is 0 Å². The van der Waals surface area contributed by atoms with Gasteiger partial charge in [0.05, 0.1) is 6.10 Å². The summed E-state index contributed by atoms with van der Waals surface area (Å²) in [6.45, 7) is 13.7. The summed E-state index contributed by atoms with van der Waals surface area (Å²) in [5, 5.41) is 8.84. The molecule has 0 bridgehead atoms. The standard InChI is InChI=1S/C12H27NO2Si/c1-7-8-11(9-10-13-14)15-16(5,6)12(2,3)4/h7-8,11,13-14H,9-10H2,1-6H3/b8-7+. The van der Waals surface area contributed by atoms with Crippen molar-refractivity contribution in [1.29, 1.82) is 0 Å². The van der Waals surface area contributed by atoms with Gasteiger partial charge in [-0.2, -0.15) is 0 Å². The smallest absolute Gasteiger partial charge is 0.192 e. The Kier molecular flexibility index (Phi) is 6.48. The minimum absolute atomic E-state index is 0.102. The van der Waals surface area contributed by atoms with Crippen molar-refractivity contribution in [3.05, 3.63) is 12.2 Å². The molecule has 0 saturated heterocycles. The largest absolute Gasteiger partial charge is 0.411 e. The third kappa shape index (κ3) is 5.25. The molecule has 0 radical (unpaired) electrons. The lowest BCUT2D eigenvalue weighted by Gasteiger charge is -2.38. The topological polar surface area (TPSA) is 41.5 Å². The van der Waals surface area contributed by atoms with Gasteiger partial charge in [0.15, 0.2) is 8.32 Å². The SMILES string of the molecule is C/C=C/C(CCNO)O[Si](C)(C)C(C)(C)C. The van der Waals surface area contributed by atoms with E-state index in [1.54, 1.807) is 0 Å². The van der Waals surface area contributed by atoms with E-state index in [-0.39, 0.29) is 11.1 Å². The zero-order valence-corrected chi connectivity index (χ0v) is 12.5. The van der Waals surface area contributed by atoms with Crippen molar-refractivity contribution < 1.29 is 9.63 Å². The molecule has 0 aromatic rings. The summed E-state index contributed by atoms with van der Waals surface area (Å²) in [7, 11) is -1.72. The summed E-state index contributed by atoms with van der Waals surface area (Å²) in [6.07, 6.45) is 4.98. The zero-order chi connectivity index (χ0) is 12.8. The number of allylic oxidation sites excluding steroid dienone is 1. The van der Waals surface area contributed by atoms with Crippen LogP contribution in [-0.4, -0.2) is 26.2 Å². The normalized spacial score (nSPS) is 15.7. The van der Waals surface area contributed by atoms with Gasteiger partial charge in [0.2, 0.25) is 0 Å². The molecule has 96 valence electrons. The lowest BCUT2D eigenvalue weighted by Crippen LogP contribution is -2.44. The van der Waals surface area contributed by atoms with Crippen LogP contribution in [0, 0.1) is 0 Å². The predicted octanol–water partition coefficient (Wildman–Crippen LogP) is 3.32. The van der Waals surface area contributed by atoms with Crippen LogP contribution in [0.25, 0.3) is 0 Å². The Morgan fingerprint density at radius 1 is 1.38 bits per heavy atom. The van der Waals surface area contributed by atoms with E-state index in [0.717, 1.165) is 6.42 Å². The highest BCUT2D eigenvalue weighted by Crippen LogP contribution is 2.37. The zero-order valence-electron chi connectivity index (χ0n) is 11.5. The maximum absolute atomic E-state index is 8.62. The molecule has 0 spiro atoms. The lowest BCUT2D eigenvalue weighted by atomic mass is 10.2. The Morgan fingerprint density at radius 3 is 2.31 bits per heavy atom. The highest BCUT2D eigenvalue weighted by Gasteiger charge is 2.38. The van der Waals surface area contributed by atoms with Crippen molar-refractivity contribution in [3.63, 3.8) is 0 Å². The molecular weight excluding hydrogens is 218 g/mol. The molecule has 0 amide bonds. The number of hydroxylamine groups is 1. The average molecular weight is 245 g/mol. The van der Waals surface area contributed by atoms with Gasteiger partial charge in [0, 0.05) is 6.54 Å². The summed E-state index contributed by atoms with van der Waals surface area (Å²) in [5.74, 6) is 0. The van der Waals surface area contributed by atoms with Crippen LogP contribution < -0.4 is 5.48 Å². The number of rotatable bonds is 6. The van der Waals surface area contributed by atoms with Gasteiger partial charge in [0.1, 0.15) is 0 Å². The second-order valence-corrected chi connectivity index (χ2v) is 10.4. The molecule has 1 atom stereocenters. The van der Waals surface area contributed by atoms with E-state index in [1.807, 2.05) is 13.0 Å². The van der Waals surface area contributed by atoms with Gasteiger partial charge in [-0.25, -0.2) is 5.48 Å². The Balaban J connectivity index is 4.49. The van der Waals surface area contributed by atoms with Gasteiger partial charge in [-0.1, -0.05) is 32.9 Å². The molecule has 3 nitrogen and oxygen atoms in total. The van der Waals surface area contributed by atoms with Gasteiger partial charge >= 0.3 is 0 Å². The maximum atomic E-state index is 8.62. The summed E-state index contributed by atoms with van der Waals surface area (Å²) < 4.78 is 6.25. The Bertz CT molecular complexity index is 222. The van der Waals surface area contributed by atoms with Crippen LogP contribution >= 0.6 is 0 Å². The number of nitrogens with one attached hydrogen (secondary N) is 1. The molecule has 0 aliphatic heterocycles. The molecule has 2 N–H and O–H groups in total. The molecule has 0 saturated carbocycles. The van der Waals surface area contributed by atoms with E-state index < -0.39 is 8.32 Å². The van der Waals surface area contributed by atoms with E-state index in [2.05, 4.69) is 45.4 Å². The molecule has 0 aromatic carbocycles. The molecule has 1 unspecified atom stereocenters. The molecule has 0 aromatic heterocycles. The molecule has 16 heavy (non-hydrogen) atoms. The van der Waals surface area contributed by atoms with E-state index in [0.29, 0.717) is 6.54 Å². The summed E-state index contributed by atoms with van der Waals surface area (Å²) in [5.41, 5.74) is 2.18. The molecular formula is C12H27NO2Si. The summed E-state index contributed by atoms with van der Waals surface area (Å²) in [6, 6.07) is 0. The fourth-order valence-electron chi connectivity index (χ4n) is 1.17. The molecule has 0 rings (SSSR count). The second kappa shape index (κ2) is 6.54. The molecule has 0 fully saturated rings. The second-order valence-electron chi connectivity index (χ2n) is 5.64. The Hall–Kier alpha value is -0.163. The van der Waals surface area contributed by atoms with E-state index in [1.165, 1.54) is 0 Å². The van der Waals surface area contributed by atoms with Crippen LogP contribution in [-0.2, 0) is 4.43 Å².